The molecule has 11 heteroatoms. The number of amides is 2. The van der Waals surface area contributed by atoms with Crippen LogP contribution in [0.2, 0.25) is 5.02 Å². The minimum absolute atomic E-state index is 0.0129. The van der Waals surface area contributed by atoms with Crippen LogP contribution in [-0.4, -0.2) is 69.2 Å². The molecule has 5 heterocycles. The first-order valence-electron chi connectivity index (χ1n) is 13.1. The Morgan fingerprint density at radius 1 is 1.18 bits per heavy atom. The number of hydrogen-bond donors (Lipinski definition) is 3. The molecule has 3 aliphatic rings. The first-order chi connectivity index (χ1) is 18.8. The first kappa shape index (κ1) is 26.2. The average Bonchev–Trinajstić information content (AvgIpc) is 3.61. The summed E-state index contributed by atoms with van der Waals surface area (Å²) in [5, 5.41) is 23.5. The lowest BCUT2D eigenvalue weighted by Gasteiger charge is -2.38. The van der Waals surface area contributed by atoms with Gasteiger partial charge in [-0.25, -0.2) is 0 Å². The maximum atomic E-state index is 12.2. The van der Waals surface area contributed by atoms with Crippen LogP contribution in [0.4, 0.5) is 5.69 Å². The van der Waals surface area contributed by atoms with Crippen molar-refractivity contribution in [2.75, 3.05) is 24.6 Å². The number of carboxylic acid groups (broad SMARTS) is 1. The van der Waals surface area contributed by atoms with Gasteiger partial charge in [0.25, 0.3) is 0 Å². The molecular formula is C28H29ClN4O5S. The van der Waals surface area contributed by atoms with Crippen molar-refractivity contribution in [3.05, 3.63) is 45.9 Å². The molecule has 1 aromatic carbocycles. The van der Waals surface area contributed by atoms with Gasteiger partial charge in [0, 0.05) is 64.9 Å². The van der Waals surface area contributed by atoms with Crippen molar-refractivity contribution in [1.82, 2.24) is 15.2 Å². The lowest BCUT2D eigenvalue weighted by atomic mass is 9.89. The van der Waals surface area contributed by atoms with Gasteiger partial charge in [-0.1, -0.05) is 11.6 Å². The van der Waals surface area contributed by atoms with Gasteiger partial charge < -0.3 is 20.4 Å². The van der Waals surface area contributed by atoms with Crippen LogP contribution in [0, 0.1) is 0 Å². The van der Waals surface area contributed by atoms with Crippen molar-refractivity contribution < 1.29 is 24.6 Å². The van der Waals surface area contributed by atoms with Crippen LogP contribution in [0.15, 0.2) is 30.5 Å². The molecule has 0 saturated carbocycles. The summed E-state index contributed by atoms with van der Waals surface area (Å²) in [4.78, 5) is 45.1. The number of pyridine rings is 1. The maximum absolute atomic E-state index is 12.2. The van der Waals surface area contributed by atoms with Crippen LogP contribution >= 0.6 is 22.9 Å². The van der Waals surface area contributed by atoms with Crippen molar-refractivity contribution >= 4 is 56.6 Å². The van der Waals surface area contributed by atoms with E-state index in [2.05, 4.69) is 15.2 Å². The number of halogens is 1. The molecular weight excluding hydrogens is 540 g/mol. The number of nitrogens with zero attached hydrogens (tertiary/aromatic N) is 3. The number of nitrogens with one attached hydrogen (secondary N) is 1. The van der Waals surface area contributed by atoms with Gasteiger partial charge >= 0.3 is 5.97 Å². The summed E-state index contributed by atoms with van der Waals surface area (Å²) in [5.41, 5.74) is 4.12. The summed E-state index contributed by atoms with van der Waals surface area (Å²) in [7, 11) is 0. The molecule has 2 amide bonds. The summed E-state index contributed by atoms with van der Waals surface area (Å²) >= 11 is 8.17. The van der Waals surface area contributed by atoms with Gasteiger partial charge in [0.1, 0.15) is 0 Å². The number of fused-ring (bicyclic) bond motifs is 2. The topological polar surface area (TPSA) is 123 Å². The van der Waals surface area contributed by atoms with E-state index in [-0.39, 0.29) is 50.3 Å². The van der Waals surface area contributed by atoms with E-state index in [1.54, 1.807) is 6.20 Å². The molecule has 3 aliphatic heterocycles. The Morgan fingerprint density at radius 3 is 2.72 bits per heavy atom. The summed E-state index contributed by atoms with van der Waals surface area (Å²) < 4.78 is 0.960. The second-order valence-corrected chi connectivity index (χ2v) is 12.2. The number of aromatic nitrogens is 1. The molecule has 3 aromatic rings. The zero-order valence-electron chi connectivity index (χ0n) is 21.3. The van der Waals surface area contributed by atoms with Crippen LogP contribution in [0.1, 0.15) is 42.5 Å². The van der Waals surface area contributed by atoms with Crippen molar-refractivity contribution in [2.24, 2.45) is 0 Å². The first-order valence-corrected chi connectivity index (χ1v) is 14.3. The van der Waals surface area contributed by atoms with E-state index in [1.807, 2.05) is 24.3 Å². The minimum Gasteiger partial charge on any atom is -0.481 e. The fraction of sp³-hybridized carbons (Fsp3) is 0.429. The normalized spacial score (nSPS) is 23.2. The lowest BCUT2D eigenvalue weighted by molar-refractivity contribution is -0.140. The fourth-order valence-corrected chi connectivity index (χ4v) is 7.66. The number of imide groups is 1. The Labute approximate surface area is 234 Å². The number of aliphatic hydroxyl groups excluding tert-OH is 1. The molecule has 2 fully saturated rings. The molecule has 2 aromatic heterocycles. The highest BCUT2D eigenvalue weighted by molar-refractivity contribution is 7.19. The quantitative estimate of drug-likeness (QED) is 0.370. The number of aliphatic carboxylic acids is 1. The number of carbonyl (C=O) groups is 3. The molecule has 0 spiro atoms. The van der Waals surface area contributed by atoms with Gasteiger partial charge in [0.2, 0.25) is 11.8 Å². The van der Waals surface area contributed by atoms with E-state index >= 15 is 0 Å². The van der Waals surface area contributed by atoms with E-state index in [4.69, 9.17) is 11.6 Å². The zero-order valence-corrected chi connectivity index (χ0v) is 22.9. The summed E-state index contributed by atoms with van der Waals surface area (Å²) in [5.74, 6) is -1.22. The van der Waals surface area contributed by atoms with Crippen molar-refractivity contribution in [1.29, 1.82) is 0 Å². The van der Waals surface area contributed by atoms with Gasteiger partial charge in [0.15, 0.2) is 0 Å². The Kier molecular flexibility index (Phi) is 6.83. The molecule has 9 nitrogen and oxygen atoms in total. The van der Waals surface area contributed by atoms with E-state index < -0.39 is 11.5 Å². The number of hydrogen-bond acceptors (Lipinski definition) is 8. The maximum Gasteiger partial charge on any atom is 0.305 e. The Morgan fingerprint density at radius 2 is 1.97 bits per heavy atom. The number of benzene rings is 1. The molecule has 0 radical (unpaired) electrons. The predicted octanol–water partition coefficient (Wildman–Crippen LogP) is 3.59. The highest BCUT2D eigenvalue weighted by Crippen LogP contribution is 2.45. The Balaban J connectivity index is 1.40. The zero-order chi connectivity index (χ0) is 27.3. The Bertz CT molecular complexity index is 1480. The molecule has 204 valence electrons. The molecule has 2 atom stereocenters. The largest absolute Gasteiger partial charge is 0.481 e. The number of anilines is 1. The molecule has 0 unspecified atom stereocenters. The molecule has 2 saturated heterocycles. The highest BCUT2D eigenvalue weighted by Gasteiger charge is 2.43. The lowest BCUT2D eigenvalue weighted by Crippen LogP contribution is -2.45. The van der Waals surface area contributed by atoms with Crippen LogP contribution in [0.25, 0.3) is 21.3 Å². The smallest absolute Gasteiger partial charge is 0.305 e. The van der Waals surface area contributed by atoms with Gasteiger partial charge in [-0.05, 0) is 49.1 Å². The number of rotatable bonds is 7. The van der Waals surface area contributed by atoms with Crippen LogP contribution in [0.5, 0.6) is 0 Å². The molecule has 3 N–H and O–H groups in total. The second kappa shape index (κ2) is 10.2. The minimum atomic E-state index is -0.936. The number of carboxylic acids is 1. The third-order valence-corrected chi connectivity index (χ3v) is 9.44. The Hall–Kier alpha value is -3.05. The number of carbonyl (C=O) groups excluding carboxylic acids is 2. The summed E-state index contributed by atoms with van der Waals surface area (Å²) in [6.07, 6.45) is 4.49. The predicted molar refractivity (Wildman–Crippen MR) is 149 cm³/mol. The standard InChI is InChI=1S/C28H29ClN4O5S/c29-17-8-16-2-1-7-32(18-11-28(15-34,31-13-18)12-25(37)38)26(16)21(9-17)20-5-6-30-22-10-19(39-27(20)22)14-33-23(35)3-4-24(33)36/h5-6,8-10,18,31,34H,1-4,7,11-15H2,(H,37,38)/t18-,28-/m0/s1. The molecule has 0 aliphatic carbocycles. The van der Waals surface area contributed by atoms with Crippen molar-refractivity contribution in [2.45, 2.75) is 56.7 Å². The average molecular weight is 569 g/mol. The number of aliphatic hydroxyl groups is 1. The summed E-state index contributed by atoms with van der Waals surface area (Å²) in [6, 6.07) is 7.91. The molecule has 39 heavy (non-hydrogen) atoms. The van der Waals surface area contributed by atoms with Crippen LogP contribution < -0.4 is 10.2 Å². The summed E-state index contributed by atoms with van der Waals surface area (Å²) in [6.45, 7) is 1.39. The van der Waals surface area contributed by atoms with Gasteiger partial charge in [-0.15, -0.1) is 11.3 Å². The molecule has 0 bridgehead atoms. The van der Waals surface area contributed by atoms with E-state index in [0.29, 0.717) is 18.0 Å². The van der Waals surface area contributed by atoms with Crippen molar-refractivity contribution in [3.63, 3.8) is 0 Å². The van der Waals surface area contributed by atoms with Gasteiger partial charge in [-0.3, -0.25) is 24.3 Å². The SMILES string of the molecule is O=C(O)C[C@]1(CO)C[C@H](N2CCCc3cc(Cl)cc(-c4ccnc5cc(CN6C(=O)CCC6=O)sc45)c32)CN1. The van der Waals surface area contributed by atoms with Crippen molar-refractivity contribution in [3.8, 4) is 11.1 Å². The van der Waals surface area contributed by atoms with Gasteiger partial charge in [0.05, 0.1) is 35.3 Å². The van der Waals surface area contributed by atoms with E-state index in [0.717, 1.165) is 56.9 Å². The highest BCUT2D eigenvalue weighted by atomic mass is 35.5. The van der Waals surface area contributed by atoms with E-state index in [1.165, 1.54) is 16.2 Å². The van der Waals surface area contributed by atoms with Crippen LogP contribution in [0.3, 0.4) is 0 Å². The fourth-order valence-electron chi connectivity index (χ4n) is 6.29. The van der Waals surface area contributed by atoms with E-state index in [9.17, 15) is 24.6 Å². The monoisotopic (exact) mass is 568 g/mol. The molecule has 6 rings (SSSR count). The second-order valence-electron chi connectivity index (χ2n) is 10.7. The van der Waals surface area contributed by atoms with Crippen LogP contribution in [-0.2, 0) is 27.3 Å². The number of likely N-dealkylation sites (tertiary alicyclic amines) is 1. The third-order valence-electron chi connectivity index (χ3n) is 8.08. The number of aryl methyl sites for hydroxylation is 1. The number of thiophene rings is 1. The third kappa shape index (κ3) is 4.80. The van der Waals surface area contributed by atoms with Gasteiger partial charge in [-0.2, -0.15) is 0 Å².